The molecule has 0 saturated carbocycles. The van der Waals surface area contributed by atoms with Crippen molar-refractivity contribution in [3.8, 4) is 0 Å². The molecule has 0 aliphatic carbocycles. The zero-order valence-electron chi connectivity index (χ0n) is 15.5. The fraction of sp³-hybridized carbons (Fsp3) is 0.250. The van der Waals surface area contributed by atoms with Crippen molar-refractivity contribution < 1.29 is 27.3 Å². The zero-order chi connectivity index (χ0) is 22.9. The van der Waals surface area contributed by atoms with Gasteiger partial charge >= 0.3 is 11.9 Å². The molecule has 15 heteroatoms. The van der Waals surface area contributed by atoms with E-state index in [0.717, 1.165) is 6.92 Å². The molecule has 1 amide bonds. The van der Waals surface area contributed by atoms with E-state index >= 15 is 0 Å². The van der Waals surface area contributed by atoms with Crippen molar-refractivity contribution in [2.24, 2.45) is 0 Å². The first kappa shape index (κ1) is 22.1. The van der Waals surface area contributed by atoms with E-state index < -0.39 is 46.4 Å². The maximum Gasteiger partial charge on any atom is 0.442 e. The molecule has 0 fully saturated rings. The van der Waals surface area contributed by atoms with Crippen LogP contribution in [0.15, 0.2) is 24.5 Å². The van der Waals surface area contributed by atoms with Crippen LogP contribution >= 0.6 is 11.6 Å². The predicted octanol–water partition coefficient (Wildman–Crippen LogP) is 3.19. The lowest BCUT2D eigenvalue weighted by molar-refractivity contribution is -0.388. The molecule has 3 rings (SSSR count). The van der Waals surface area contributed by atoms with Crippen LogP contribution in [0.4, 0.5) is 29.2 Å². The van der Waals surface area contributed by atoms with Gasteiger partial charge in [-0.3, -0.25) is 24.9 Å². The Balaban J connectivity index is 1.73. The van der Waals surface area contributed by atoms with Crippen LogP contribution in [0.25, 0.3) is 0 Å². The quantitative estimate of drug-likeness (QED) is 0.342. The van der Waals surface area contributed by atoms with E-state index in [-0.39, 0.29) is 23.1 Å². The summed E-state index contributed by atoms with van der Waals surface area (Å²) in [5.74, 6) is -1.66. The van der Waals surface area contributed by atoms with Gasteiger partial charge in [-0.25, -0.2) is 14.1 Å². The van der Waals surface area contributed by atoms with E-state index in [0.29, 0.717) is 4.68 Å². The highest BCUT2D eigenvalue weighted by molar-refractivity contribution is 6.31. The molecule has 2 heterocycles. The molecular formula is C16H12ClF4N7O3. The van der Waals surface area contributed by atoms with Gasteiger partial charge in [-0.15, -0.1) is 5.10 Å². The molecule has 1 aromatic carbocycles. The molecule has 0 radical (unpaired) electrons. The van der Waals surface area contributed by atoms with Gasteiger partial charge in [0.2, 0.25) is 17.5 Å². The number of nitrogens with zero attached hydrogens (tertiary/aromatic N) is 6. The van der Waals surface area contributed by atoms with E-state index in [4.69, 9.17) is 11.6 Å². The second-order valence-corrected chi connectivity index (χ2v) is 6.62. The van der Waals surface area contributed by atoms with Gasteiger partial charge in [0.25, 0.3) is 0 Å². The van der Waals surface area contributed by atoms with Crippen molar-refractivity contribution in [3.05, 3.63) is 62.4 Å². The summed E-state index contributed by atoms with van der Waals surface area (Å²) in [4.78, 5) is 25.7. The Bertz CT molecular complexity index is 1140. The number of carbonyl (C=O) groups excluding carboxylic acids is 1. The monoisotopic (exact) mass is 461 g/mol. The first-order valence-electron chi connectivity index (χ1n) is 8.38. The van der Waals surface area contributed by atoms with E-state index in [9.17, 15) is 32.5 Å². The highest BCUT2D eigenvalue weighted by Crippen LogP contribution is 2.36. The molecule has 0 bridgehead atoms. The molecule has 0 spiro atoms. The Morgan fingerprint density at radius 3 is 2.61 bits per heavy atom. The molecule has 1 N–H and O–H groups in total. The van der Waals surface area contributed by atoms with Crippen LogP contribution in [-0.2, 0) is 24.1 Å². The topological polar surface area (TPSA) is 121 Å². The number of benzene rings is 1. The Labute approximate surface area is 175 Å². The molecule has 2 aromatic heterocycles. The molecule has 0 saturated heterocycles. The predicted molar refractivity (Wildman–Crippen MR) is 97.8 cm³/mol. The lowest BCUT2D eigenvalue weighted by Crippen LogP contribution is -2.21. The number of anilines is 1. The molecule has 0 atom stereocenters. The Hall–Kier alpha value is -3.55. The number of aromatic nitrogens is 5. The molecule has 0 aliphatic rings. The third-order valence-electron chi connectivity index (χ3n) is 4.09. The summed E-state index contributed by atoms with van der Waals surface area (Å²) in [6, 6.07) is 4.13. The van der Waals surface area contributed by atoms with E-state index in [1.165, 1.54) is 29.2 Å². The van der Waals surface area contributed by atoms with Gasteiger partial charge in [0, 0.05) is 10.6 Å². The third-order valence-corrected chi connectivity index (χ3v) is 4.44. The summed E-state index contributed by atoms with van der Waals surface area (Å²) in [6.45, 7) is 0.197. The Morgan fingerprint density at radius 2 is 2.03 bits per heavy atom. The Morgan fingerprint density at radius 1 is 1.32 bits per heavy atom. The average Bonchev–Trinajstić information content (AvgIpc) is 3.22. The number of carbonyl (C=O) groups is 1. The first-order chi connectivity index (χ1) is 14.5. The fourth-order valence-electron chi connectivity index (χ4n) is 2.67. The van der Waals surface area contributed by atoms with Crippen molar-refractivity contribution in [2.45, 2.75) is 26.2 Å². The van der Waals surface area contributed by atoms with Gasteiger partial charge in [-0.05, 0) is 19.1 Å². The number of rotatable bonds is 6. The molecular weight excluding hydrogens is 450 g/mol. The van der Waals surface area contributed by atoms with Crippen molar-refractivity contribution in [3.63, 3.8) is 0 Å². The van der Waals surface area contributed by atoms with E-state index in [1.807, 2.05) is 0 Å². The van der Waals surface area contributed by atoms with Crippen LogP contribution in [0.2, 0.25) is 5.02 Å². The number of nitrogens with one attached hydrogen (secondary N) is 1. The minimum Gasteiger partial charge on any atom is -0.292 e. The zero-order valence-corrected chi connectivity index (χ0v) is 16.3. The SMILES string of the molecule is Cc1c([N+](=O)[O-])c(C(F)(F)F)nn1CC(=O)Nc1ncn(Cc2c(F)cccc2Cl)n1. The highest BCUT2D eigenvalue weighted by atomic mass is 35.5. The minimum atomic E-state index is -5.07. The number of hydrogen-bond acceptors (Lipinski definition) is 6. The summed E-state index contributed by atoms with van der Waals surface area (Å²) in [5.41, 5.74) is -3.23. The molecule has 164 valence electrons. The largest absolute Gasteiger partial charge is 0.442 e. The molecule has 0 aliphatic heterocycles. The summed E-state index contributed by atoms with van der Waals surface area (Å²) in [7, 11) is 0. The van der Waals surface area contributed by atoms with Gasteiger partial charge in [0.05, 0.1) is 11.5 Å². The van der Waals surface area contributed by atoms with Gasteiger partial charge < -0.3 is 0 Å². The van der Waals surface area contributed by atoms with Crippen LogP contribution in [-0.4, -0.2) is 35.4 Å². The molecule has 31 heavy (non-hydrogen) atoms. The van der Waals surface area contributed by atoms with Crippen molar-refractivity contribution in [1.82, 2.24) is 24.5 Å². The maximum atomic E-state index is 13.9. The molecule has 3 aromatic rings. The average molecular weight is 462 g/mol. The van der Waals surface area contributed by atoms with Gasteiger partial charge in [0.15, 0.2) is 0 Å². The fourth-order valence-corrected chi connectivity index (χ4v) is 2.90. The highest BCUT2D eigenvalue weighted by Gasteiger charge is 2.44. The number of halogens is 5. The number of amides is 1. The van der Waals surface area contributed by atoms with Crippen LogP contribution in [0.5, 0.6) is 0 Å². The first-order valence-corrected chi connectivity index (χ1v) is 8.76. The smallest absolute Gasteiger partial charge is 0.292 e. The number of nitro groups is 1. The normalized spacial score (nSPS) is 11.5. The second-order valence-electron chi connectivity index (χ2n) is 6.21. The van der Waals surface area contributed by atoms with Crippen LogP contribution < -0.4 is 5.32 Å². The van der Waals surface area contributed by atoms with E-state index in [1.54, 1.807) is 0 Å². The van der Waals surface area contributed by atoms with E-state index in [2.05, 4.69) is 20.5 Å². The minimum absolute atomic E-state index is 0.0895. The summed E-state index contributed by atoms with van der Waals surface area (Å²) < 4.78 is 54.6. The van der Waals surface area contributed by atoms with Crippen LogP contribution in [0.3, 0.4) is 0 Å². The molecule has 0 unspecified atom stereocenters. The van der Waals surface area contributed by atoms with Gasteiger partial charge in [-0.1, -0.05) is 17.7 Å². The number of alkyl halides is 3. The second kappa shape index (κ2) is 8.29. The standard InChI is InChI=1S/C16H12ClF4N7O3/c1-8-13(28(30)31)14(16(19,20)21)24-27(8)6-12(29)23-15-22-7-26(25-15)5-9-10(17)3-2-4-11(9)18/h2-4,7H,5-6H2,1H3,(H,23,25,29). The summed E-state index contributed by atoms with van der Waals surface area (Å²) in [5, 5.41) is 20.4. The van der Waals surface area contributed by atoms with Crippen molar-refractivity contribution >= 4 is 29.1 Å². The lowest BCUT2D eigenvalue weighted by Gasteiger charge is -2.05. The summed E-state index contributed by atoms with van der Waals surface area (Å²) in [6.07, 6.45) is -3.88. The molecule has 10 nitrogen and oxygen atoms in total. The lowest BCUT2D eigenvalue weighted by atomic mass is 10.2. The maximum absolute atomic E-state index is 13.9. The third kappa shape index (κ3) is 4.79. The number of hydrogen-bond donors (Lipinski definition) is 1. The van der Waals surface area contributed by atoms with Gasteiger partial charge in [0.1, 0.15) is 24.4 Å². The van der Waals surface area contributed by atoms with Crippen molar-refractivity contribution in [2.75, 3.05) is 5.32 Å². The van der Waals surface area contributed by atoms with Gasteiger partial charge in [-0.2, -0.15) is 18.3 Å². The van der Waals surface area contributed by atoms with Crippen LogP contribution in [0, 0.1) is 22.9 Å². The van der Waals surface area contributed by atoms with Crippen molar-refractivity contribution in [1.29, 1.82) is 0 Å². The Kier molecular flexibility index (Phi) is 5.92. The summed E-state index contributed by atoms with van der Waals surface area (Å²) >= 11 is 5.94. The van der Waals surface area contributed by atoms with Crippen LogP contribution in [0.1, 0.15) is 17.0 Å².